The second-order valence-electron chi connectivity index (χ2n) is 4.73. The zero-order valence-corrected chi connectivity index (χ0v) is 12.6. The van der Waals surface area contributed by atoms with Crippen LogP contribution in [-0.2, 0) is 10.3 Å². The van der Waals surface area contributed by atoms with Crippen molar-refractivity contribution in [2.24, 2.45) is 0 Å². The van der Waals surface area contributed by atoms with Gasteiger partial charge in [0.05, 0.1) is 6.61 Å². The van der Waals surface area contributed by atoms with E-state index in [9.17, 15) is 4.79 Å². The summed E-state index contributed by atoms with van der Waals surface area (Å²) in [6.45, 7) is 10.4. The molecule has 1 aromatic heterocycles. The fourth-order valence-electron chi connectivity index (χ4n) is 2.72. The molecule has 0 fully saturated rings. The molecule has 2 N–H and O–H groups in total. The van der Waals surface area contributed by atoms with Gasteiger partial charge in [0, 0.05) is 5.54 Å². The molecule has 0 unspecified atom stereocenters. The van der Waals surface area contributed by atoms with Gasteiger partial charge < -0.3 is 15.0 Å². The topological polar surface area (TPSA) is 70.1 Å². The van der Waals surface area contributed by atoms with Crippen molar-refractivity contribution < 1.29 is 9.53 Å². The maximum Gasteiger partial charge on any atom is 0.360 e. The first kappa shape index (κ1) is 15.5. The lowest BCUT2D eigenvalue weighted by Crippen LogP contribution is -2.33. The second kappa shape index (κ2) is 6.08. The molecule has 0 radical (unpaired) electrons. The highest BCUT2D eigenvalue weighted by Gasteiger charge is 2.32. The van der Waals surface area contributed by atoms with Gasteiger partial charge in [-0.3, -0.25) is 0 Å². The Hall–Kier alpha value is -1.52. The largest absolute Gasteiger partial charge is 0.461 e. The van der Waals surface area contributed by atoms with Gasteiger partial charge in [0.1, 0.15) is 11.6 Å². The summed E-state index contributed by atoms with van der Waals surface area (Å²) in [4.78, 5) is 16.1. The Morgan fingerprint density at radius 2 is 1.79 bits per heavy atom. The number of nitrogens with two attached hydrogens (primary N) is 1. The first-order valence-electron chi connectivity index (χ1n) is 6.99. The Bertz CT molecular complexity index is 440. The van der Waals surface area contributed by atoms with Gasteiger partial charge in [-0.05, 0) is 33.1 Å². The van der Waals surface area contributed by atoms with Gasteiger partial charge in [-0.15, -0.1) is 0 Å². The molecule has 19 heavy (non-hydrogen) atoms. The Morgan fingerprint density at radius 1 is 1.26 bits per heavy atom. The molecule has 0 bridgehead atoms. The highest BCUT2D eigenvalue weighted by Crippen LogP contribution is 2.34. The number of ether oxygens (including phenoxy) is 1. The lowest BCUT2D eigenvalue weighted by atomic mass is 9.89. The van der Waals surface area contributed by atoms with Crippen LogP contribution in [0.3, 0.4) is 0 Å². The van der Waals surface area contributed by atoms with Gasteiger partial charge in [-0.25, -0.2) is 9.78 Å². The zero-order valence-electron chi connectivity index (χ0n) is 12.6. The molecule has 0 saturated heterocycles. The molecule has 1 aromatic rings. The fourth-order valence-corrected chi connectivity index (χ4v) is 2.72. The molecule has 1 heterocycles. The van der Waals surface area contributed by atoms with Crippen LogP contribution in [0.1, 0.15) is 63.3 Å². The molecule has 0 saturated carbocycles. The number of anilines is 1. The van der Waals surface area contributed by atoms with Crippen LogP contribution in [0.2, 0.25) is 0 Å². The summed E-state index contributed by atoms with van der Waals surface area (Å²) >= 11 is 0. The van der Waals surface area contributed by atoms with Crippen molar-refractivity contribution in [1.82, 2.24) is 9.55 Å². The molecular formula is C14H25N3O2. The number of hydrogen-bond donors (Lipinski definition) is 1. The normalized spacial score (nSPS) is 11.6. The Kier molecular flexibility index (Phi) is 4.97. The number of aryl methyl sites for hydroxylation is 1. The lowest BCUT2D eigenvalue weighted by Gasteiger charge is -2.34. The SMILES string of the molecule is CCOC(=O)c1nc(C)n(C(CC)(CC)CC)c1N. The summed E-state index contributed by atoms with van der Waals surface area (Å²) in [6, 6.07) is 0. The number of nitrogens with zero attached hydrogens (tertiary/aromatic N) is 2. The summed E-state index contributed by atoms with van der Waals surface area (Å²) in [6.07, 6.45) is 2.84. The number of carbonyl (C=O) groups excluding carboxylic acids is 1. The van der Waals surface area contributed by atoms with E-state index in [0.29, 0.717) is 12.4 Å². The Balaban J connectivity index is 3.34. The van der Waals surface area contributed by atoms with Gasteiger partial charge in [0.15, 0.2) is 5.69 Å². The number of nitrogen functional groups attached to an aromatic ring is 1. The van der Waals surface area contributed by atoms with E-state index in [-0.39, 0.29) is 11.2 Å². The molecule has 108 valence electrons. The molecule has 1 rings (SSSR count). The summed E-state index contributed by atoms with van der Waals surface area (Å²) < 4.78 is 7.00. The molecule has 0 amide bonds. The van der Waals surface area contributed by atoms with E-state index >= 15 is 0 Å². The van der Waals surface area contributed by atoms with Crippen molar-refractivity contribution in [2.45, 2.75) is 59.4 Å². The molecule has 0 aliphatic carbocycles. The van der Waals surface area contributed by atoms with Gasteiger partial charge in [-0.1, -0.05) is 20.8 Å². The molecule has 0 spiro atoms. The molecule has 0 aromatic carbocycles. The van der Waals surface area contributed by atoms with E-state index in [0.717, 1.165) is 25.1 Å². The maximum absolute atomic E-state index is 11.8. The standard InChI is InChI=1S/C14H25N3O2/c1-6-14(7-2,8-3)17-10(5)16-11(12(17)15)13(18)19-9-4/h6-9,15H2,1-5H3. The number of hydrogen-bond acceptors (Lipinski definition) is 4. The van der Waals surface area contributed by atoms with Gasteiger partial charge in [0.2, 0.25) is 0 Å². The summed E-state index contributed by atoms with van der Waals surface area (Å²) in [5, 5.41) is 0. The predicted molar refractivity (Wildman–Crippen MR) is 76.2 cm³/mol. The monoisotopic (exact) mass is 267 g/mol. The molecule has 5 nitrogen and oxygen atoms in total. The Labute approximate surface area is 115 Å². The van der Waals surface area contributed by atoms with Crippen LogP contribution in [0.5, 0.6) is 0 Å². The van der Waals surface area contributed by atoms with Crippen molar-refractivity contribution in [3.63, 3.8) is 0 Å². The first-order chi connectivity index (χ1) is 8.97. The molecule has 0 atom stereocenters. The van der Waals surface area contributed by atoms with Gasteiger partial charge in [-0.2, -0.15) is 0 Å². The van der Waals surface area contributed by atoms with Gasteiger partial charge >= 0.3 is 5.97 Å². The number of rotatable bonds is 6. The van der Waals surface area contributed by atoms with Crippen LogP contribution >= 0.6 is 0 Å². The van der Waals surface area contributed by atoms with Crippen LogP contribution in [0.25, 0.3) is 0 Å². The van der Waals surface area contributed by atoms with E-state index in [2.05, 4.69) is 25.8 Å². The van der Waals surface area contributed by atoms with Crippen LogP contribution < -0.4 is 5.73 Å². The minimum Gasteiger partial charge on any atom is -0.461 e. The average molecular weight is 267 g/mol. The van der Waals surface area contributed by atoms with E-state index in [1.54, 1.807) is 6.92 Å². The van der Waals surface area contributed by atoms with Crippen LogP contribution in [0.4, 0.5) is 5.82 Å². The van der Waals surface area contributed by atoms with E-state index in [1.807, 2.05) is 11.5 Å². The van der Waals surface area contributed by atoms with Crippen LogP contribution in [0, 0.1) is 6.92 Å². The van der Waals surface area contributed by atoms with Crippen molar-refractivity contribution >= 4 is 11.8 Å². The third kappa shape index (κ3) is 2.60. The van der Waals surface area contributed by atoms with Crippen molar-refractivity contribution in [3.8, 4) is 0 Å². The maximum atomic E-state index is 11.8. The van der Waals surface area contributed by atoms with E-state index in [1.165, 1.54) is 0 Å². The molecule has 0 aliphatic heterocycles. The lowest BCUT2D eigenvalue weighted by molar-refractivity contribution is 0.0521. The summed E-state index contributed by atoms with van der Waals surface area (Å²) in [7, 11) is 0. The second-order valence-corrected chi connectivity index (χ2v) is 4.73. The first-order valence-corrected chi connectivity index (χ1v) is 6.99. The minimum atomic E-state index is -0.445. The summed E-state index contributed by atoms with van der Waals surface area (Å²) in [5.74, 6) is 0.742. The van der Waals surface area contributed by atoms with Crippen molar-refractivity contribution in [2.75, 3.05) is 12.3 Å². The van der Waals surface area contributed by atoms with E-state index < -0.39 is 5.97 Å². The highest BCUT2D eigenvalue weighted by molar-refractivity contribution is 5.92. The number of carbonyl (C=O) groups is 1. The molecular weight excluding hydrogens is 242 g/mol. The minimum absolute atomic E-state index is 0.0775. The van der Waals surface area contributed by atoms with Gasteiger partial charge in [0.25, 0.3) is 0 Å². The van der Waals surface area contributed by atoms with Crippen LogP contribution in [-0.4, -0.2) is 22.1 Å². The smallest absolute Gasteiger partial charge is 0.360 e. The fraction of sp³-hybridized carbons (Fsp3) is 0.714. The summed E-state index contributed by atoms with van der Waals surface area (Å²) in [5.41, 5.74) is 6.31. The average Bonchev–Trinajstić information content (AvgIpc) is 2.70. The quantitative estimate of drug-likeness (QED) is 0.804. The molecule has 0 aliphatic rings. The van der Waals surface area contributed by atoms with Crippen molar-refractivity contribution in [1.29, 1.82) is 0 Å². The number of imidazole rings is 1. The Morgan fingerprint density at radius 3 is 2.21 bits per heavy atom. The number of esters is 1. The third-order valence-corrected chi connectivity index (χ3v) is 4.00. The van der Waals surface area contributed by atoms with Crippen molar-refractivity contribution in [3.05, 3.63) is 11.5 Å². The van der Waals surface area contributed by atoms with E-state index in [4.69, 9.17) is 10.5 Å². The highest BCUT2D eigenvalue weighted by atomic mass is 16.5. The van der Waals surface area contributed by atoms with Crippen LogP contribution in [0.15, 0.2) is 0 Å². The molecule has 5 heteroatoms. The zero-order chi connectivity index (χ0) is 14.6. The number of aromatic nitrogens is 2. The predicted octanol–water partition coefficient (Wildman–Crippen LogP) is 2.88. The third-order valence-electron chi connectivity index (χ3n) is 4.00.